The highest BCUT2D eigenvalue weighted by Crippen LogP contribution is 2.27. The fraction of sp³-hybridized carbons (Fsp3) is 0.333. The van der Waals surface area contributed by atoms with Gasteiger partial charge in [0, 0.05) is 30.3 Å². The van der Waals surface area contributed by atoms with Crippen LogP contribution in [0.3, 0.4) is 0 Å². The Labute approximate surface area is 159 Å². The third-order valence-corrected chi connectivity index (χ3v) is 5.00. The summed E-state index contributed by atoms with van der Waals surface area (Å²) in [7, 11) is 3.35. The molecule has 3 aromatic rings. The van der Waals surface area contributed by atoms with Gasteiger partial charge in [0.1, 0.15) is 23.6 Å². The molecule has 0 radical (unpaired) electrons. The normalized spacial score (nSPS) is 10.9. The second kappa shape index (κ2) is 8.26. The SMILES string of the molecule is CCOC(=O)Cc1nnc(SCc2cc(=O)oc3cc(OC)ccc23)n1C. The number of carbonyl (C=O) groups is 1. The molecule has 0 aliphatic carbocycles. The van der Waals surface area contributed by atoms with Crippen LogP contribution >= 0.6 is 11.8 Å². The van der Waals surface area contributed by atoms with Crippen LogP contribution < -0.4 is 10.4 Å². The van der Waals surface area contributed by atoms with Crippen molar-refractivity contribution >= 4 is 28.7 Å². The van der Waals surface area contributed by atoms with E-state index in [2.05, 4.69) is 10.2 Å². The molecule has 1 aromatic carbocycles. The van der Waals surface area contributed by atoms with Crippen LogP contribution in [0.2, 0.25) is 0 Å². The summed E-state index contributed by atoms with van der Waals surface area (Å²) in [4.78, 5) is 23.5. The van der Waals surface area contributed by atoms with E-state index in [1.54, 1.807) is 31.7 Å². The van der Waals surface area contributed by atoms with Gasteiger partial charge in [-0.3, -0.25) is 4.79 Å². The molecule has 0 N–H and O–H groups in total. The van der Waals surface area contributed by atoms with Crippen LogP contribution in [0.25, 0.3) is 11.0 Å². The maximum Gasteiger partial charge on any atom is 0.336 e. The quantitative estimate of drug-likeness (QED) is 0.345. The molecule has 0 saturated carbocycles. The third kappa shape index (κ3) is 4.30. The van der Waals surface area contributed by atoms with E-state index < -0.39 is 5.63 Å². The summed E-state index contributed by atoms with van der Waals surface area (Å²) >= 11 is 1.42. The summed E-state index contributed by atoms with van der Waals surface area (Å²) in [6.45, 7) is 2.08. The highest BCUT2D eigenvalue weighted by Gasteiger charge is 2.15. The van der Waals surface area contributed by atoms with E-state index in [4.69, 9.17) is 13.9 Å². The predicted octanol–water partition coefficient (Wildman–Crippen LogP) is 2.33. The molecular weight excluding hydrogens is 370 g/mol. The lowest BCUT2D eigenvalue weighted by atomic mass is 10.1. The number of hydrogen-bond donors (Lipinski definition) is 0. The first-order chi connectivity index (χ1) is 13.0. The first-order valence-corrected chi connectivity index (χ1v) is 9.27. The largest absolute Gasteiger partial charge is 0.497 e. The number of methoxy groups -OCH3 is 1. The number of esters is 1. The lowest BCUT2D eigenvalue weighted by Crippen LogP contribution is -2.11. The van der Waals surface area contributed by atoms with Crippen molar-refractivity contribution < 1.29 is 18.7 Å². The van der Waals surface area contributed by atoms with Gasteiger partial charge >= 0.3 is 11.6 Å². The van der Waals surface area contributed by atoms with Gasteiger partial charge in [0.15, 0.2) is 5.16 Å². The maximum absolute atomic E-state index is 11.9. The van der Waals surface area contributed by atoms with Gasteiger partial charge in [0.05, 0.1) is 13.7 Å². The molecule has 8 nitrogen and oxygen atoms in total. The Morgan fingerprint density at radius 1 is 1.30 bits per heavy atom. The Morgan fingerprint density at radius 2 is 2.11 bits per heavy atom. The average Bonchev–Trinajstić information content (AvgIpc) is 2.99. The Hall–Kier alpha value is -2.81. The molecule has 0 unspecified atom stereocenters. The zero-order valence-electron chi connectivity index (χ0n) is 15.2. The molecule has 0 spiro atoms. The van der Waals surface area contributed by atoms with Crippen molar-refractivity contribution in [1.29, 1.82) is 0 Å². The van der Waals surface area contributed by atoms with E-state index in [-0.39, 0.29) is 12.4 Å². The number of benzene rings is 1. The molecule has 0 aliphatic rings. The van der Waals surface area contributed by atoms with Gasteiger partial charge in [-0.05, 0) is 24.6 Å². The number of fused-ring (bicyclic) bond motifs is 1. The molecule has 0 amide bonds. The van der Waals surface area contributed by atoms with E-state index >= 15 is 0 Å². The fourth-order valence-electron chi connectivity index (χ4n) is 2.56. The lowest BCUT2D eigenvalue weighted by molar-refractivity contribution is -0.142. The number of aromatic nitrogens is 3. The van der Waals surface area contributed by atoms with Gasteiger partial charge in [-0.15, -0.1) is 10.2 Å². The van der Waals surface area contributed by atoms with Crippen molar-refractivity contribution in [2.45, 2.75) is 24.3 Å². The number of nitrogens with zero attached hydrogens (tertiary/aromatic N) is 3. The third-order valence-electron chi connectivity index (χ3n) is 3.93. The molecule has 3 rings (SSSR count). The van der Waals surface area contributed by atoms with Crippen LogP contribution in [0.5, 0.6) is 5.75 Å². The van der Waals surface area contributed by atoms with Gasteiger partial charge in [-0.1, -0.05) is 11.8 Å². The first kappa shape index (κ1) is 19.0. The Bertz CT molecular complexity index is 1030. The summed E-state index contributed by atoms with van der Waals surface area (Å²) in [6.07, 6.45) is 0.0650. The van der Waals surface area contributed by atoms with E-state index in [1.165, 1.54) is 17.8 Å². The summed E-state index contributed by atoms with van der Waals surface area (Å²) < 4.78 is 17.1. The second-order valence-corrected chi connectivity index (χ2v) is 6.62. The minimum Gasteiger partial charge on any atom is -0.497 e. The van der Waals surface area contributed by atoms with Crippen molar-refractivity contribution in [1.82, 2.24) is 14.8 Å². The minimum absolute atomic E-state index is 0.0650. The van der Waals surface area contributed by atoms with Crippen LogP contribution in [-0.4, -0.2) is 34.5 Å². The van der Waals surface area contributed by atoms with E-state index in [0.717, 1.165) is 10.9 Å². The number of carbonyl (C=O) groups excluding carboxylic acids is 1. The second-order valence-electron chi connectivity index (χ2n) is 5.68. The van der Waals surface area contributed by atoms with Gasteiger partial charge in [0.2, 0.25) is 0 Å². The smallest absolute Gasteiger partial charge is 0.336 e. The molecule has 0 aliphatic heterocycles. The van der Waals surface area contributed by atoms with Gasteiger partial charge < -0.3 is 18.5 Å². The first-order valence-electron chi connectivity index (χ1n) is 8.29. The molecule has 0 bridgehead atoms. The molecular formula is C18H19N3O5S. The molecule has 0 saturated heterocycles. The fourth-order valence-corrected chi connectivity index (χ4v) is 3.49. The molecule has 0 atom stereocenters. The molecule has 0 fully saturated rings. The average molecular weight is 389 g/mol. The lowest BCUT2D eigenvalue weighted by Gasteiger charge is -2.07. The monoisotopic (exact) mass is 389 g/mol. The molecule has 2 aromatic heterocycles. The minimum atomic E-state index is -0.424. The van der Waals surface area contributed by atoms with Crippen molar-refractivity contribution in [3.63, 3.8) is 0 Å². The number of ether oxygens (including phenoxy) is 2. The predicted molar refractivity (Wildman–Crippen MR) is 99.9 cm³/mol. The van der Waals surface area contributed by atoms with Gasteiger partial charge in [-0.2, -0.15) is 0 Å². The summed E-state index contributed by atoms with van der Waals surface area (Å²) in [5, 5.41) is 9.64. The van der Waals surface area contributed by atoms with Crippen LogP contribution in [-0.2, 0) is 28.8 Å². The number of hydrogen-bond acceptors (Lipinski definition) is 8. The van der Waals surface area contributed by atoms with Crippen molar-refractivity contribution in [2.75, 3.05) is 13.7 Å². The zero-order chi connectivity index (χ0) is 19.4. The Kier molecular flexibility index (Phi) is 5.80. The Morgan fingerprint density at radius 3 is 2.85 bits per heavy atom. The summed E-state index contributed by atoms with van der Waals surface area (Å²) in [5.74, 6) is 1.30. The van der Waals surface area contributed by atoms with Crippen LogP contribution in [0.15, 0.2) is 38.6 Å². The van der Waals surface area contributed by atoms with Gasteiger partial charge in [0.25, 0.3) is 0 Å². The van der Waals surface area contributed by atoms with Crippen LogP contribution in [0, 0.1) is 0 Å². The highest BCUT2D eigenvalue weighted by molar-refractivity contribution is 7.98. The zero-order valence-corrected chi connectivity index (χ0v) is 16.0. The molecule has 9 heteroatoms. The summed E-state index contributed by atoms with van der Waals surface area (Å²) in [6, 6.07) is 6.83. The van der Waals surface area contributed by atoms with Crippen LogP contribution in [0.4, 0.5) is 0 Å². The number of thioether (sulfide) groups is 1. The van der Waals surface area contributed by atoms with E-state index in [1.807, 2.05) is 12.1 Å². The van der Waals surface area contributed by atoms with Crippen molar-refractivity contribution in [2.24, 2.45) is 7.05 Å². The molecule has 2 heterocycles. The molecule has 27 heavy (non-hydrogen) atoms. The standard InChI is InChI=1S/C18H19N3O5S/c1-4-25-16(22)9-15-19-20-18(21(15)2)27-10-11-7-17(23)26-14-8-12(24-3)5-6-13(11)14/h5-8H,4,9-10H2,1-3H3. The summed E-state index contributed by atoms with van der Waals surface area (Å²) in [5.41, 5.74) is 0.870. The maximum atomic E-state index is 11.9. The van der Waals surface area contributed by atoms with E-state index in [9.17, 15) is 9.59 Å². The Balaban J connectivity index is 1.80. The van der Waals surface area contributed by atoms with Crippen molar-refractivity contribution in [3.05, 3.63) is 46.1 Å². The van der Waals surface area contributed by atoms with Crippen molar-refractivity contribution in [3.8, 4) is 5.75 Å². The molecule has 142 valence electrons. The van der Waals surface area contributed by atoms with Crippen LogP contribution in [0.1, 0.15) is 18.3 Å². The van der Waals surface area contributed by atoms with E-state index in [0.29, 0.717) is 34.7 Å². The highest BCUT2D eigenvalue weighted by atomic mass is 32.2. The van der Waals surface area contributed by atoms with Gasteiger partial charge in [-0.25, -0.2) is 4.79 Å². The topological polar surface area (TPSA) is 96.5 Å². The number of rotatable bonds is 7.